The fraction of sp³-hybridized carbons (Fsp3) is 0.333. The van der Waals surface area contributed by atoms with Gasteiger partial charge in [0, 0.05) is 18.7 Å². The maximum absolute atomic E-state index is 5.43. The second-order valence-electron chi connectivity index (χ2n) is 4.05. The summed E-state index contributed by atoms with van der Waals surface area (Å²) in [6, 6.07) is 5.86. The van der Waals surface area contributed by atoms with E-state index >= 15 is 0 Å². The van der Waals surface area contributed by atoms with E-state index in [0.29, 0.717) is 19.9 Å². The fourth-order valence-corrected chi connectivity index (χ4v) is 1.86. The van der Waals surface area contributed by atoms with Crippen LogP contribution in [-0.2, 0) is 13.1 Å². The van der Waals surface area contributed by atoms with Crippen molar-refractivity contribution in [3.63, 3.8) is 0 Å². The van der Waals surface area contributed by atoms with Crippen LogP contribution in [0.3, 0.4) is 0 Å². The first-order valence-corrected chi connectivity index (χ1v) is 5.71. The number of aryl methyl sites for hydroxylation is 1. The van der Waals surface area contributed by atoms with Crippen LogP contribution in [0.1, 0.15) is 17.0 Å². The van der Waals surface area contributed by atoms with E-state index in [-0.39, 0.29) is 0 Å². The molecule has 0 saturated heterocycles. The molecule has 2 aromatic rings. The van der Waals surface area contributed by atoms with Gasteiger partial charge in [0.2, 0.25) is 6.79 Å². The largest absolute Gasteiger partial charge is 0.454 e. The molecule has 0 radical (unpaired) electrons. The predicted molar refractivity (Wildman–Crippen MR) is 62.1 cm³/mol. The molecule has 0 atom stereocenters. The van der Waals surface area contributed by atoms with E-state index in [9.17, 15) is 0 Å². The molecule has 18 heavy (non-hydrogen) atoms. The number of benzene rings is 1. The topological polar surface area (TPSA) is 69.4 Å². The van der Waals surface area contributed by atoms with Crippen LogP contribution >= 0.6 is 0 Å². The quantitative estimate of drug-likeness (QED) is 0.880. The Morgan fingerprint density at radius 1 is 1.22 bits per heavy atom. The van der Waals surface area contributed by atoms with E-state index < -0.39 is 0 Å². The summed E-state index contributed by atoms with van der Waals surface area (Å²) in [5, 5.41) is 10.8. The van der Waals surface area contributed by atoms with E-state index in [1.807, 2.05) is 25.1 Å². The summed E-state index contributed by atoms with van der Waals surface area (Å²) in [6.45, 7) is 3.45. The molecule has 1 aromatic carbocycles. The normalized spacial score (nSPS) is 12.9. The van der Waals surface area contributed by atoms with Gasteiger partial charge in [0.1, 0.15) is 11.4 Å². The van der Waals surface area contributed by atoms with Crippen LogP contribution in [0.15, 0.2) is 22.8 Å². The second-order valence-corrected chi connectivity index (χ2v) is 4.05. The molecular formula is C12H13N3O3. The van der Waals surface area contributed by atoms with Crippen molar-refractivity contribution in [3.8, 4) is 11.5 Å². The number of fused-ring (bicyclic) bond motifs is 1. The molecule has 0 saturated carbocycles. The molecule has 6 heteroatoms. The average molecular weight is 247 g/mol. The van der Waals surface area contributed by atoms with Crippen LogP contribution in [0.25, 0.3) is 0 Å². The van der Waals surface area contributed by atoms with Gasteiger partial charge in [0.25, 0.3) is 0 Å². The Bertz CT molecular complexity index is 553. The lowest BCUT2D eigenvalue weighted by Gasteiger charge is -2.06. The number of ether oxygens (including phenoxy) is 2. The van der Waals surface area contributed by atoms with E-state index in [4.69, 9.17) is 9.47 Å². The van der Waals surface area contributed by atoms with Gasteiger partial charge >= 0.3 is 0 Å². The molecule has 1 aliphatic rings. The number of aromatic nitrogens is 2. The lowest BCUT2D eigenvalue weighted by atomic mass is 10.2. The van der Waals surface area contributed by atoms with Gasteiger partial charge in [-0.3, -0.25) is 0 Å². The van der Waals surface area contributed by atoms with E-state index in [1.165, 1.54) is 0 Å². The van der Waals surface area contributed by atoms with Crippen molar-refractivity contribution in [3.05, 3.63) is 35.2 Å². The van der Waals surface area contributed by atoms with E-state index in [0.717, 1.165) is 28.5 Å². The van der Waals surface area contributed by atoms with Gasteiger partial charge in [0.15, 0.2) is 11.5 Å². The second kappa shape index (κ2) is 4.66. The maximum atomic E-state index is 5.43. The van der Waals surface area contributed by atoms with E-state index in [2.05, 4.69) is 20.3 Å². The maximum Gasteiger partial charge on any atom is 0.231 e. The predicted octanol–water partition coefficient (Wildman–Crippen LogP) is 1.40. The summed E-state index contributed by atoms with van der Waals surface area (Å²) in [4.78, 5) is 0. The van der Waals surface area contributed by atoms with Gasteiger partial charge in [-0.1, -0.05) is 22.4 Å². The molecule has 0 bridgehead atoms. The molecular weight excluding hydrogens is 234 g/mol. The molecule has 94 valence electrons. The molecule has 0 aliphatic carbocycles. The number of rotatable bonds is 4. The Labute approximate surface area is 104 Å². The fourth-order valence-electron chi connectivity index (χ4n) is 1.86. The van der Waals surface area contributed by atoms with Crippen molar-refractivity contribution in [1.29, 1.82) is 0 Å². The number of hydrogen-bond acceptors (Lipinski definition) is 6. The summed E-state index contributed by atoms with van der Waals surface area (Å²) in [7, 11) is 0. The highest BCUT2D eigenvalue weighted by Gasteiger charge is 2.16. The standard InChI is InChI=1S/C12H13N3O3/c1-8-10(15-18-14-8)6-13-5-9-3-2-4-11-12(9)17-7-16-11/h2-4,13H,5-7H2,1H3. The zero-order valence-corrected chi connectivity index (χ0v) is 9.97. The summed E-state index contributed by atoms with van der Waals surface area (Å²) < 4.78 is 15.4. The third kappa shape index (κ3) is 2.02. The molecule has 1 aromatic heterocycles. The van der Waals surface area contributed by atoms with E-state index in [1.54, 1.807) is 0 Å². The van der Waals surface area contributed by atoms with Gasteiger partial charge < -0.3 is 14.8 Å². The van der Waals surface area contributed by atoms with Crippen LogP contribution in [0.2, 0.25) is 0 Å². The van der Waals surface area contributed by atoms with Crippen molar-refractivity contribution in [2.24, 2.45) is 0 Å². The van der Waals surface area contributed by atoms with Crippen LogP contribution in [0.5, 0.6) is 11.5 Å². The lowest BCUT2D eigenvalue weighted by molar-refractivity contribution is 0.173. The summed E-state index contributed by atoms with van der Waals surface area (Å²) >= 11 is 0. The molecule has 3 rings (SSSR count). The highest BCUT2D eigenvalue weighted by Crippen LogP contribution is 2.35. The summed E-state index contributed by atoms with van der Waals surface area (Å²) in [6.07, 6.45) is 0. The number of nitrogens with one attached hydrogen (secondary N) is 1. The van der Waals surface area contributed by atoms with Crippen LogP contribution in [-0.4, -0.2) is 17.1 Å². The SMILES string of the molecule is Cc1nonc1CNCc1cccc2c1OCO2. The first kappa shape index (κ1) is 11.0. The summed E-state index contributed by atoms with van der Waals surface area (Å²) in [5.41, 5.74) is 2.69. The number of nitrogens with zero attached hydrogens (tertiary/aromatic N) is 2. The highest BCUT2D eigenvalue weighted by molar-refractivity contribution is 5.48. The van der Waals surface area contributed by atoms with Gasteiger partial charge in [-0.15, -0.1) is 0 Å². The third-order valence-electron chi connectivity index (χ3n) is 2.83. The molecule has 6 nitrogen and oxygen atoms in total. The van der Waals surface area contributed by atoms with Gasteiger partial charge in [-0.25, -0.2) is 4.63 Å². The zero-order chi connectivity index (χ0) is 12.4. The van der Waals surface area contributed by atoms with Gasteiger partial charge in [-0.05, 0) is 13.0 Å². The molecule has 1 aliphatic heterocycles. The zero-order valence-electron chi connectivity index (χ0n) is 9.97. The van der Waals surface area contributed by atoms with Crippen molar-refractivity contribution in [1.82, 2.24) is 15.6 Å². The van der Waals surface area contributed by atoms with Crippen molar-refractivity contribution >= 4 is 0 Å². The van der Waals surface area contributed by atoms with Crippen molar-refractivity contribution in [2.75, 3.05) is 6.79 Å². The first-order chi connectivity index (χ1) is 8.84. The Hall–Kier alpha value is -2.08. The molecule has 0 unspecified atom stereocenters. The number of para-hydroxylation sites is 1. The molecule has 2 heterocycles. The van der Waals surface area contributed by atoms with Gasteiger partial charge in [-0.2, -0.15) is 0 Å². The smallest absolute Gasteiger partial charge is 0.231 e. The number of hydrogen-bond donors (Lipinski definition) is 1. The van der Waals surface area contributed by atoms with Crippen LogP contribution in [0, 0.1) is 6.92 Å². The highest BCUT2D eigenvalue weighted by atomic mass is 16.7. The van der Waals surface area contributed by atoms with Crippen LogP contribution < -0.4 is 14.8 Å². The minimum Gasteiger partial charge on any atom is -0.454 e. The average Bonchev–Trinajstić information content (AvgIpc) is 2.99. The van der Waals surface area contributed by atoms with Gasteiger partial charge in [0.05, 0.1) is 0 Å². The molecule has 1 N–H and O–H groups in total. The Balaban J connectivity index is 1.64. The Morgan fingerprint density at radius 3 is 3.00 bits per heavy atom. The lowest BCUT2D eigenvalue weighted by Crippen LogP contribution is -2.14. The molecule has 0 amide bonds. The summed E-state index contributed by atoms with van der Waals surface area (Å²) in [5.74, 6) is 1.62. The minimum atomic E-state index is 0.290. The molecule has 0 fully saturated rings. The van der Waals surface area contributed by atoms with Crippen molar-refractivity contribution in [2.45, 2.75) is 20.0 Å². The third-order valence-corrected chi connectivity index (χ3v) is 2.83. The Morgan fingerprint density at radius 2 is 2.17 bits per heavy atom. The van der Waals surface area contributed by atoms with Crippen LogP contribution in [0.4, 0.5) is 0 Å². The minimum absolute atomic E-state index is 0.290. The Kier molecular flexibility index (Phi) is 2.85. The first-order valence-electron chi connectivity index (χ1n) is 5.71. The monoisotopic (exact) mass is 247 g/mol. The van der Waals surface area contributed by atoms with Crippen molar-refractivity contribution < 1.29 is 14.1 Å². The molecule has 0 spiro atoms.